The first-order chi connectivity index (χ1) is 7.49. The van der Waals surface area contributed by atoms with E-state index in [4.69, 9.17) is 5.73 Å². The average molecular weight is 283 g/mol. The summed E-state index contributed by atoms with van der Waals surface area (Å²) in [5.74, 6) is 0.334. The Morgan fingerprint density at radius 1 is 1.59 bits per heavy atom. The minimum absolute atomic E-state index is 0. The number of rotatable bonds is 5. The lowest BCUT2D eigenvalue weighted by Crippen LogP contribution is -2.35. The molecular weight excluding hydrogens is 268 g/mol. The summed E-state index contributed by atoms with van der Waals surface area (Å²) in [7, 11) is 0. The van der Waals surface area contributed by atoms with Crippen molar-refractivity contribution in [3.8, 4) is 0 Å². The number of hydrogen-bond acceptors (Lipinski definition) is 4. The quantitative estimate of drug-likeness (QED) is 0.411. The minimum Gasteiger partial charge on any atom is -0.352 e. The molecule has 1 aliphatic heterocycles. The van der Waals surface area contributed by atoms with Gasteiger partial charge in [-0.2, -0.15) is 0 Å². The van der Waals surface area contributed by atoms with Crippen LogP contribution in [0, 0.1) is 0 Å². The van der Waals surface area contributed by atoms with Crippen molar-refractivity contribution >= 4 is 42.1 Å². The second-order valence-electron chi connectivity index (χ2n) is 3.33. The van der Waals surface area contributed by atoms with Crippen molar-refractivity contribution in [2.24, 2.45) is 5.73 Å². The molecule has 1 heterocycles. The van der Waals surface area contributed by atoms with Gasteiger partial charge in [0.05, 0.1) is 5.37 Å². The van der Waals surface area contributed by atoms with Gasteiger partial charge in [0.25, 0.3) is 5.91 Å². The summed E-state index contributed by atoms with van der Waals surface area (Å²) in [6.45, 7) is 1.79. The van der Waals surface area contributed by atoms with Gasteiger partial charge >= 0.3 is 12.1 Å². The summed E-state index contributed by atoms with van der Waals surface area (Å²) in [5, 5.41) is 7.03. The van der Waals surface area contributed by atoms with Gasteiger partial charge in [-0.25, -0.2) is 9.59 Å². The van der Waals surface area contributed by atoms with E-state index in [2.05, 4.69) is 16.0 Å². The Bertz CT molecular complexity index is 315. The maximum Gasteiger partial charge on any atom is 0.322 e. The summed E-state index contributed by atoms with van der Waals surface area (Å²) in [6.07, 6.45) is 0.521. The number of carbonyl (C=O) groups excluding carboxylic acids is 3. The Balaban J connectivity index is 0.00000256. The fourth-order valence-corrected chi connectivity index (χ4v) is 2.19. The molecule has 0 aromatic carbocycles. The lowest BCUT2D eigenvalue weighted by molar-refractivity contribution is -0.120. The van der Waals surface area contributed by atoms with Gasteiger partial charge in [0.15, 0.2) is 0 Å². The number of urea groups is 2. The highest BCUT2D eigenvalue weighted by Crippen LogP contribution is 2.11. The van der Waals surface area contributed by atoms with Crippen LogP contribution in [0.25, 0.3) is 0 Å². The van der Waals surface area contributed by atoms with Gasteiger partial charge in [-0.15, -0.1) is 24.2 Å². The van der Waals surface area contributed by atoms with Crippen molar-refractivity contribution in [3.63, 3.8) is 0 Å². The Hall–Kier alpha value is -1.15. The molecule has 0 radical (unpaired) electrons. The van der Waals surface area contributed by atoms with E-state index in [1.807, 2.05) is 0 Å². The molecule has 0 aromatic heterocycles. The normalized spacial score (nSPS) is 19.9. The molecule has 0 saturated carbocycles. The second-order valence-corrected chi connectivity index (χ2v) is 4.77. The number of carbonyl (C=O) groups is 3. The van der Waals surface area contributed by atoms with Gasteiger partial charge in [0.2, 0.25) is 0 Å². The first kappa shape index (κ1) is 15.9. The molecule has 2 atom stereocenters. The van der Waals surface area contributed by atoms with Crippen LogP contribution < -0.4 is 21.7 Å². The Morgan fingerprint density at radius 3 is 2.71 bits per heavy atom. The third-order valence-electron chi connectivity index (χ3n) is 1.98. The minimum atomic E-state index is -0.577. The number of primary amides is 1. The van der Waals surface area contributed by atoms with Crippen molar-refractivity contribution < 1.29 is 14.4 Å². The van der Waals surface area contributed by atoms with Crippen molar-refractivity contribution in [3.05, 3.63) is 0 Å². The molecule has 1 aliphatic rings. The highest BCUT2D eigenvalue weighted by atomic mass is 35.5. The molecule has 0 aliphatic carbocycles. The molecule has 98 valence electrons. The predicted octanol–water partition coefficient (Wildman–Crippen LogP) is -0.246. The molecular formula is C8H15ClN4O3S. The molecule has 5 amide bonds. The number of thioether (sulfide) groups is 1. The van der Waals surface area contributed by atoms with Crippen LogP contribution in [-0.2, 0) is 4.79 Å². The zero-order valence-electron chi connectivity index (χ0n) is 9.19. The van der Waals surface area contributed by atoms with E-state index in [1.165, 1.54) is 11.8 Å². The van der Waals surface area contributed by atoms with Crippen molar-refractivity contribution in [1.29, 1.82) is 0 Å². The van der Waals surface area contributed by atoms with E-state index in [0.717, 1.165) is 0 Å². The lowest BCUT2D eigenvalue weighted by Gasteiger charge is -2.12. The molecule has 17 heavy (non-hydrogen) atoms. The van der Waals surface area contributed by atoms with E-state index in [0.29, 0.717) is 12.2 Å². The maximum atomic E-state index is 11.1. The largest absolute Gasteiger partial charge is 0.352 e. The topological polar surface area (TPSA) is 113 Å². The molecule has 9 heteroatoms. The average Bonchev–Trinajstić information content (AvgIpc) is 2.44. The van der Waals surface area contributed by atoms with Crippen LogP contribution in [0.1, 0.15) is 13.3 Å². The number of nitrogens with two attached hydrogens (primary N) is 1. The third-order valence-corrected chi connectivity index (χ3v) is 3.07. The van der Waals surface area contributed by atoms with Gasteiger partial charge in [-0.1, -0.05) is 0 Å². The number of amides is 5. The predicted molar refractivity (Wildman–Crippen MR) is 67.0 cm³/mol. The zero-order chi connectivity index (χ0) is 12.1. The fourth-order valence-electron chi connectivity index (χ4n) is 1.27. The summed E-state index contributed by atoms with van der Waals surface area (Å²) in [6, 6.07) is -1.50. The summed E-state index contributed by atoms with van der Waals surface area (Å²) in [5.41, 5.74) is 4.94. The van der Waals surface area contributed by atoms with Crippen molar-refractivity contribution in [2.45, 2.75) is 24.8 Å². The Kier molecular flexibility index (Phi) is 6.74. The molecule has 0 aromatic rings. The first-order valence-electron chi connectivity index (χ1n) is 4.78. The molecule has 7 nitrogen and oxygen atoms in total. The van der Waals surface area contributed by atoms with Gasteiger partial charge in [0, 0.05) is 0 Å². The van der Waals surface area contributed by atoms with E-state index in [-0.39, 0.29) is 23.7 Å². The molecule has 0 bridgehead atoms. The van der Waals surface area contributed by atoms with E-state index in [1.54, 1.807) is 6.92 Å². The van der Waals surface area contributed by atoms with E-state index < -0.39 is 18.1 Å². The molecule has 0 spiro atoms. The maximum absolute atomic E-state index is 11.1. The van der Waals surface area contributed by atoms with Crippen LogP contribution in [-0.4, -0.2) is 35.1 Å². The van der Waals surface area contributed by atoms with Crippen LogP contribution in [0.3, 0.4) is 0 Å². The van der Waals surface area contributed by atoms with E-state index >= 15 is 0 Å². The van der Waals surface area contributed by atoms with Crippen LogP contribution >= 0.6 is 24.2 Å². The molecule has 2 unspecified atom stereocenters. The van der Waals surface area contributed by atoms with E-state index in [9.17, 15) is 14.4 Å². The number of nitrogens with one attached hydrogen (secondary N) is 3. The number of imide groups is 1. The Labute approximate surface area is 109 Å². The molecule has 1 saturated heterocycles. The number of hydrogen-bond donors (Lipinski definition) is 4. The molecule has 1 rings (SSSR count). The van der Waals surface area contributed by atoms with Crippen LogP contribution in [0.2, 0.25) is 0 Å². The second kappa shape index (κ2) is 7.23. The van der Waals surface area contributed by atoms with Crippen LogP contribution in [0.4, 0.5) is 9.59 Å². The standard InChI is InChI=1S/C8H14N4O3S.ClH/c1-4(10-7(9)14)16-3-2-5-6(13)12-8(15)11-5;/h4-5H,2-3H2,1H3,(H3,9,10,14)(H2,11,12,13,15);1H. The highest BCUT2D eigenvalue weighted by molar-refractivity contribution is 7.99. The molecule has 1 fully saturated rings. The first-order valence-corrected chi connectivity index (χ1v) is 5.83. The summed E-state index contributed by atoms with van der Waals surface area (Å²) < 4.78 is 0. The fraction of sp³-hybridized carbons (Fsp3) is 0.625. The zero-order valence-corrected chi connectivity index (χ0v) is 10.8. The lowest BCUT2D eigenvalue weighted by atomic mass is 10.2. The van der Waals surface area contributed by atoms with Crippen molar-refractivity contribution in [2.75, 3.05) is 5.75 Å². The summed E-state index contributed by atoms with van der Waals surface area (Å²) in [4.78, 5) is 32.4. The molecule has 5 N–H and O–H groups in total. The van der Waals surface area contributed by atoms with Gasteiger partial charge < -0.3 is 16.4 Å². The number of halogens is 1. The van der Waals surface area contributed by atoms with Gasteiger partial charge in [-0.05, 0) is 19.1 Å². The SMILES string of the molecule is CC(NC(N)=O)SCCC1NC(=O)NC1=O.Cl. The van der Waals surface area contributed by atoms with Gasteiger partial charge in [-0.3, -0.25) is 10.1 Å². The van der Waals surface area contributed by atoms with Crippen LogP contribution in [0.15, 0.2) is 0 Å². The highest BCUT2D eigenvalue weighted by Gasteiger charge is 2.28. The third kappa shape index (κ3) is 5.64. The van der Waals surface area contributed by atoms with Gasteiger partial charge in [0.1, 0.15) is 6.04 Å². The summed E-state index contributed by atoms with van der Waals surface area (Å²) >= 11 is 1.45. The van der Waals surface area contributed by atoms with Crippen molar-refractivity contribution in [1.82, 2.24) is 16.0 Å². The van der Waals surface area contributed by atoms with Crippen LogP contribution in [0.5, 0.6) is 0 Å². The Morgan fingerprint density at radius 2 is 2.24 bits per heavy atom. The smallest absolute Gasteiger partial charge is 0.322 e. The monoisotopic (exact) mass is 282 g/mol.